The molecule has 0 spiro atoms. The molecule has 1 aliphatic carbocycles. The summed E-state index contributed by atoms with van der Waals surface area (Å²) in [4.78, 5) is 0. The van der Waals surface area contributed by atoms with Crippen LogP contribution in [-0.4, -0.2) is 0 Å². The summed E-state index contributed by atoms with van der Waals surface area (Å²) >= 11 is 0. The lowest BCUT2D eigenvalue weighted by Crippen LogP contribution is -2.16. The van der Waals surface area contributed by atoms with Crippen molar-refractivity contribution >= 4 is 32.3 Å². The third-order valence-corrected chi connectivity index (χ3v) is 10.0. The highest BCUT2D eigenvalue weighted by Crippen LogP contribution is 2.53. The molecular formula is C45H32. The molecule has 212 valence electrons. The third-order valence-electron chi connectivity index (χ3n) is 10.0. The van der Waals surface area contributed by atoms with Crippen molar-refractivity contribution in [3.8, 4) is 44.5 Å². The van der Waals surface area contributed by atoms with Gasteiger partial charge in [-0.25, -0.2) is 0 Å². The van der Waals surface area contributed by atoms with Crippen LogP contribution < -0.4 is 0 Å². The molecule has 0 saturated heterocycles. The van der Waals surface area contributed by atoms with Crippen molar-refractivity contribution in [3.63, 3.8) is 0 Å². The van der Waals surface area contributed by atoms with E-state index < -0.39 is 0 Å². The van der Waals surface area contributed by atoms with E-state index in [2.05, 4.69) is 172 Å². The van der Waals surface area contributed by atoms with Gasteiger partial charge in [0.2, 0.25) is 0 Å². The van der Waals surface area contributed by atoms with Gasteiger partial charge < -0.3 is 0 Å². The molecule has 0 amide bonds. The first-order chi connectivity index (χ1) is 22.1. The monoisotopic (exact) mass is 572 g/mol. The molecule has 9 rings (SSSR count). The van der Waals surface area contributed by atoms with E-state index in [1.807, 2.05) is 0 Å². The lowest BCUT2D eigenvalue weighted by molar-refractivity contribution is 0.662. The highest BCUT2D eigenvalue weighted by Gasteiger charge is 2.37. The van der Waals surface area contributed by atoms with E-state index >= 15 is 0 Å². The van der Waals surface area contributed by atoms with Crippen LogP contribution in [0.5, 0.6) is 0 Å². The molecule has 8 aromatic rings. The van der Waals surface area contributed by atoms with Crippen molar-refractivity contribution in [2.45, 2.75) is 19.3 Å². The van der Waals surface area contributed by atoms with Crippen LogP contribution in [0.3, 0.4) is 0 Å². The average molecular weight is 573 g/mol. The first-order valence-corrected chi connectivity index (χ1v) is 15.9. The van der Waals surface area contributed by atoms with E-state index in [-0.39, 0.29) is 5.41 Å². The molecule has 0 nitrogen and oxygen atoms in total. The summed E-state index contributed by atoms with van der Waals surface area (Å²) in [7, 11) is 0. The maximum atomic E-state index is 2.47. The van der Waals surface area contributed by atoms with Gasteiger partial charge in [0.1, 0.15) is 0 Å². The van der Waals surface area contributed by atoms with Crippen LogP contribution in [0.1, 0.15) is 25.0 Å². The van der Waals surface area contributed by atoms with Crippen molar-refractivity contribution < 1.29 is 0 Å². The average Bonchev–Trinajstić information content (AvgIpc) is 3.33. The zero-order valence-corrected chi connectivity index (χ0v) is 25.5. The molecule has 1 aliphatic rings. The van der Waals surface area contributed by atoms with Crippen LogP contribution in [-0.2, 0) is 5.41 Å². The zero-order chi connectivity index (χ0) is 30.1. The van der Waals surface area contributed by atoms with Crippen molar-refractivity contribution in [1.29, 1.82) is 0 Å². The minimum Gasteiger partial charge on any atom is -0.0622 e. The fourth-order valence-electron chi connectivity index (χ4n) is 8.10. The van der Waals surface area contributed by atoms with Crippen molar-refractivity contribution in [3.05, 3.63) is 169 Å². The summed E-state index contributed by atoms with van der Waals surface area (Å²) < 4.78 is 0. The highest BCUT2D eigenvalue weighted by molar-refractivity contribution is 6.23. The molecule has 0 N–H and O–H groups in total. The first kappa shape index (κ1) is 26.0. The lowest BCUT2D eigenvalue weighted by atomic mass is 9.78. The fraction of sp³-hybridized carbons (Fsp3) is 0.0667. The van der Waals surface area contributed by atoms with Gasteiger partial charge in [0.05, 0.1) is 0 Å². The van der Waals surface area contributed by atoms with Crippen molar-refractivity contribution in [1.82, 2.24) is 0 Å². The van der Waals surface area contributed by atoms with E-state index in [1.54, 1.807) is 0 Å². The van der Waals surface area contributed by atoms with Crippen LogP contribution in [0.15, 0.2) is 158 Å². The Balaban J connectivity index is 1.40. The Hall–Kier alpha value is -5.46. The highest BCUT2D eigenvalue weighted by atomic mass is 14.4. The maximum absolute atomic E-state index is 2.47. The van der Waals surface area contributed by atoms with Crippen molar-refractivity contribution in [2.24, 2.45) is 0 Å². The Morgan fingerprint density at radius 2 is 0.889 bits per heavy atom. The Morgan fingerprint density at radius 3 is 1.60 bits per heavy atom. The predicted octanol–water partition coefficient (Wildman–Crippen LogP) is 12.5. The number of rotatable bonds is 3. The van der Waals surface area contributed by atoms with E-state index in [9.17, 15) is 0 Å². The van der Waals surface area contributed by atoms with Gasteiger partial charge in [-0.3, -0.25) is 0 Å². The van der Waals surface area contributed by atoms with E-state index in [0.717, 1.165) is 0 Å². The number of hydrogen-bond donors (Lipinski definition) is 0. The smallest absolute Gasteiger partial charge is 0.0165 e. The Morgan fingerprint density at radius 1 is 0.356 bits per heavy atom. The Kier molecular flexibility index (Phi) is 5.64. The molecule has 0 heterocycles. The molecule has 0 bridgehead atoms. The summed E-state index contributed by atoms with van der Waals surface area (Å²) in [6.45, 7) is 4.76. The Labute approximate surface area is 264 Å². The molecule has 0 fully saturated rings. The maximum Gasteiger partial charge on any atom is 0.0165 e. The molecule has 0 radical (unpaired) electrons. The van der Waals surface area contributed by atoms with Crippen LogP contribution in [0.4, 0.5) is 0 Å². The van der Waals surface area contributed by atoms with Gasteiger partial charge in [-0.15, -0.1) is 0 Å². The van der Waals surface area contributed by atoms with Gasteiger partial charge in [-0.1, -0.05) is 159 Å². The predicted molar refractivity (Wildman–Crippen MR) is 193 cm³/mol. The topological polar surface area (TPSA) is 0 Å². The van der Waals surface area contributed by atoms with Gasteiger partial charge in [-0.2, -0.15) is 0 Å². The van der Waals surface area contributed by atoms with Gasteiger partial charge in [0.15, 0.2) is 0 Å². The quantitative estimate of drug-likeness (QED) is 0.185. The lowest BCUT2D eigenvalue weighted by Gasteiger charge is -2.25. The SMILES string of the molecule is CC1(C)c2ccccc2-c2cccc(-c3cc(-c4c5ccccc5c(-c5ccccc5)c5ccccc45)c4ccccc4c3)c21. The summed E-state index contributed by atoms with van der Waals surface area (Å²) in [6.07, 6.45) is 0. The minimum atomic E-state index is -0.0922. The second-order valence-electron chi connectivity index (χ2n) is 12.9. The summed E-state index contributed by atoms with van der Waals surface area (Å²) in [5, 5.41) is 7.66. The van der Waals surface area contributed by atoms with Crippen LogP contribution >= 0.6 is 0 Å². The molecule has 0 heteroatoms. The third kappa shape index (κ3) is 3.79. The van der Waals surface area contributed by atoms with E-state index in [0.29, 0.717) is 0 Å². The largest absolute Gasteiger partial charge is 0.0622 e. The second-order valence-corrected chi connectivity index (χ2v) is 12.9. The van der Waals surface area contributed by atoms with Gasteiger partial charge in [-0.05, 0) is 100 Å². The van der Waals surface area contributed by atoms with E-state index in [4.69, 9.17) is 0 Å². The molecule has 45 heavy (non-hydrogen) atoms. The van der Waals surface area contributed by atoms with E-state index in [1.165, 1.54) is 88.0 Å². The van der Waals surface area contributed by atoms with Gasteiger partial charge >= 0.3 is 0 Å². The van der Waals surface area contributed by atoms with Crippen LogP contribution in [0.25, 0.3) is 76.8 Å². The van der Waals surface area contributed by atoms with Gasteiger partial charge in [0.25, 0.3) is 0 Å². The fourth-order valence-corrected chi connectivity index (χ4v) is 8.10. The van der Waals surface area contributed by atoms with Crippen LogP contribution in [0, 0.1) is 0 Å². The molecule has 0 unspecified atom stereocenters. The van der Waals surface area contributed by atoms with Crippen LogP contribution in [0.2, 0.25) is 0 Å². The molecule has 0 atom stereocenters. The molecule has 0 aliphatic heterocycles. The minimum absolute atomic E-state index is 0.0922. The molecular weight excluding hydrogens is 540 g/mol. The summed E-state index contributed by atoms with van der Waals surface area (Å²) in [5.41, 5.74) is 13.1. The second kappa shape index (κ2) is 9.78. The summed E-state index contributed by atoms with van der Waals surface area (Å²) in [5.74, 6) is 0. The number of fused-ring (bicyclic) bond motifs is 6. The summed E-state index contributed by atoms with van der Waals surface area (Å²) in [6, 6.07) is 58.3. The first-order valence-electron chi connectivity index (χ1n) is 15.9. The Bertz CT molecular complexity index is 2390. The molecule has 0 saturated carbocycles. The number of hydrogen-bond acceptors (Lipinski definition) is 0. The number of benzene rings is 8. The standard InChI is InChI=1S/C45H32/c1-45(2)41-26-13-12-19-34(41)39-25-14-24-33(44(39)45)31-27-30-17-6-7-18-32(30)40(28-31)43-37-22-10-8-20-35(37)42(29-15-4-3-5-16-29)36-21-9-11-23-38(36)43/h3-28H,1-2H3. The van der Waals surface area contributed by atoms with Crippen molar-refractivity contribution in [2.75, 3.05) is 0 Å². The molecule has 0 aromatic heterocycles. The zero-order valence-electron chi connectivity index (χ0n) is 25.5. The normalized spacial score (nSPS) is 13.3. The van der Waals surface area contributed by atoms with Gasteiger partial charge in [0, 0.05) is 5.41 Å². The molecule has 8 aromatic carbocycles.